The van der Waals surface area contributed by atoms with Gasteiger partial charge in [-0.2, -0.15) is 0 Å². The number of para-hydroxylation sites is 1. The molecule has 136 valence electrons. The van der Waals surface area contributed by atoms with Crippen LogP contribution in [0.25, 0.3) is 11.4 Å². The number of anilines is 1. The minimum absolute atomic E-state index is 0.660. The molecule has 0 bridgehead atoms. The average molecular weight is 349 g/mol. The molecule has 0 aromatic heterocycles. The topological polar surface area (TPSA) is 70.5 Å². The Bertz CT molecular complexity index is 840. The highest BCUT2D eigenvalue weighted by Gasteiger charge is 2.24. The largest absolute Gasteiger partial charge is 0.396 e. The molecule has 0 saturated heterocycles. The fourth-order valence-electron chi connectivity index (χ4n) is 3.35. The van der Waals surface area contributed by atoms with Crippen molar-refractivity contribution in [1.82, 2.24) is 10.3 Å². The van der Waals surface area contributed by atoms with E-state index < -0.39 is 0 Å². The Hall–Kier alpha value is -2.76. The van der Waals surface area contributed by atoms with Crippen molar-refractivity contribution in [2.45, 2.75) is 13.5 Å². The van der Waals surface area contributed by atoms with Crippen molar-refractivity contribution in [2.75, 3.05) is 25.0 Å². The summed E-state index contributed by atoms with van der Waals surface area (Å²) in [5.74, 6) is 6.44. The molecular formula is C21H27N5. The van der Waals surface area contributed by atoms with Gasteiger partial charge in [0.05, 0.1) is 17.1 Å². The van der Waals surface area contributed by atoms with Crippen LogP contribution in [0, 0.1) is 0 Å². The van der Waals surface area contributed by atoms with E-state index in [1.165, 1.54) is 5.56 Å². The molecule has 0 radical (unpaired) electrons. The Balaban J connectivity index is 2.27. The first-order valence-electron chi connectivity index (χ1n) is 8.82. The number of allylic oxidation sites excluding steroid dienone is 1. The molecule has 0 unspecified atom stereocenters. The van der Waals surface area contributed by atoms with Crippen LogP contribution in [0.15, 0.2) is 60.8 Å². The molecule has 2 aromatic carbocycles. The van der Waals surface area contributed by atoms with Gasteiger partial charge in [0.25, 0.3) is 0 Å². The highest BCUT2D eigenvalue weighted by Crippen LogP contribution is 2.37. The van der Waals surface area contributed by atoms with E-state index in [-0.39, 0.29) is 0 Å². The Morgan fingerprint density at radius 2 is 1.81 bits per heavy atom. The summed E-state index contributed by atoms with van der Waals surface area (Å²) >= 11 is 0. The third kappa shape index (κ3) is 3.31. The molecule has 5 heteroatoms. The number of nitrogens with zero attached hydrogens (tertiary/aromatic N) is 2. The van der Waals surface area contributed by atoms with Gasteiger partial charge >= 0.3 is 0 Å². The van der Waals surface area contributed by atoms with Gasteiger partial charge in [-0.05, 0) is 25.6 Å². The van der Waals surface area contributed by atoms with Crippen LogP contribution in [0.3, 0.4) is 0 Å². The zero-order valence-corrected chi connectivity index (χ0v) is 15.5. The van der Waals surface area contributed by atoms with E-state index in [9.17, 15) is 0 Å². The lowest BCUT2D eigenvalue weighted by molar-refractivity contribution is 0.414. The lowest BCUT2D eigenvalue weighted by Crippen LogP contribution is -2.37. The van der Waals surface area contributed by atoms with E-state index in [1.807, 2.05) is 44.3 Å². The number of nitrogens with one attached hydrogen (secondary N) is 1. The molecule has 1 heterocycles. The molecular weight excluding hydrogens is 322 g/mol. The Morgan fingerprint density at radius 3 is 2.50 bits per heavy atom. The summed E-state index contributed by atoms with van der Waals surface area (Å²) < 4.78 is 0. The number of hydrazine groups is 1. The summed E-state index contributed by atoms with van der Waals surface area (Å²) in [6, 6.07) is 16.4. The first-order chi connectivity index (χ1) is 12.5. The van der Waals surface area contributed by atoms with E-state index >= 15 is 0 Å². The molecule has 0 atom stereocenters. The van der Waals surface area contributed by atoms with Crippen molar-refractivity contribution in [3.8, 4) is 0 Å². The van der Waals surface area contributed by atoms with Crippen LogP contribution < -0.4 is 21.8 Å². The van der Waals surface area contributed by atoms with Crippen LogP contribution in [-0.4, -0.2) is 25.1 Å². The van der Waals surface area contributed by atoms with Gasteiger partial charge in [0.1, 0.15) is 0 Å². The van der Waals surface area contributed by atoms with Crippen LogP contribution in [0.2, 0.25) is 0 Å². The van der Waals surface area contributed by atoms with E-state index in [2.05, 4.69) is 35.0 Å². The van der Waals surface area contributed by atoms with Gasteiger partial charge < -0.3 is 21.0 Å². The highest BCUT2D eigenvalue weighted by molar-refractivity contribution is 5.94. The second-order valence-electron chi connectivity index (χ2n) is 6.55. The lowest BCUT2D eigenvalue weighted by atomic mass is 9.95. The Labute approximate surface area is 155 Å². The van der Waals surface area contributed by atoms with Gasteiger partial charge in [-0.3, -0.25) is 0 Å². The van der Waals surface area contributed by atoms with Crippen LogP contribution in [0.1, 0.15) is 23.6 Å². The summed E-state index contributed by atoms with van der Waals surface area (Å²) in [5, 5.41) is 4.89. The standard InChI is InChI=1S/C21H27N5/c1-15(2)25-14-16-8-4-5-9-17(16)21(26(23)13-12-24-3)20(22)18-10-6-7-11-19(18)25/h4-11,24H,1,12-14,22-23H2,2-3H3/b21-20-. The molecule has 2 aromatic rings. The minimum atomic E-state index is 0.660. The van der Waals surface area contributed by atoms with Crippen molar-refractivity contribution >= 4 is 17.1 Å². The summed E-state index contributed by atoms with van der Waals surface area (Å²) in [7, 11) is 1.91. The summed E-state index contributed by atoms with van der Waals surface area (Å²) in [6.07, 6.45) is 0. The normalized spacial score (nSPS) is 16.3. The van der Waals surface area contributed by atoms with Crippen molar-refractivity contribution in [3.63, 3.8) is 0 Å². The number of likely N-dealkylation sites (N-methyl/N-ethyl adjacent to an activating group) is 1. The van der Waals surface area contributed by atoms with E-state index in [1.54, 1.807) is 5.01 Å². The number of nitrogens with two attached hydrogens (primary N) is 2. The molecule has 0 amide bonds. The van der Waals surface area contributed by atoms with Gasteiger partial charge in [0.15, 0.2) is 0 Å². The molecule has 5 N–H and O–H groups in total. The number of benzene rings is 2. The van der Waals surface area contributed by atoms with Gasteiger partial charge in [-0.25, -0.2) is 5.84 Å². The summed E-state index contributed by atoms with van der Waals surface area (Å²) in [4.78, 5) is 2.20. The highest BCUT2D eigenvalue weighted by atomic mass is 15.4. The number of hydrogen-bond acceptors (Lipinski definition) is 5. The average Bonchev–Trinajstić information content (AvgIpc) is 2.64. The SMILES string of the molecule is C=C(C)N1Cc2ccccc2/C(N(N)CCNC)=C(/N)c2ccccc21. The van der Waals surface area contributed by atoms with Gasteiger partial charge in [-0.1, -0.05) is 49.0 Å². The molecule has 5 nitrogen and oxygen atoms in total. The molecule has 26 heavy (non-hydrogen) atoms. The second-order valence-corrected chi connectivity index (χ2v) is 6.55. The molecule has 1 aliphatic heterocycles. The van der Waals surface area contributed by atoms with Crippen molar-refractivity contribution in [2.24, 2.45) is 11.6 Å². The first kappa shape index (κ1) is 18.0. The van der Waals surface area contributed by atoms with Gasteiger partial charge in [-0.15, -0.1) is 0 Å². The zero-order valence-electron chi connectivity index (χ0n) is 15.5. The quantitative estimate of drug-likeness (QED) is 0.572. The van der Waals surface area contributed by atoms with Crippen LogP contribution in [0.5, 0.6) is 0 Å². The smallest absolute Gasteiger partial charge is 0.0829 e. The van der Waals surface area contributed by atoms with Gasteiger partial charge in [0.2, 0.25) is 0 Å². The fraction of sp³-hybridized carbons (Fsp3) is 0.238. The van der Waals surface area contributed by atoms with Crippen molar-refractivity contribution < 1.29 is 0 Å². The minimum Gasteiger partial charge on any atom is -0.396 e. The van der Waals surface area contributed by atoms with Crippen LogP contribution >= 0.6 is 0 Å². The summed E-state index contributed by atoms with van der Waals surface area (Å²) in [6.45, 7) is 8.34. The van der Waals surface area contributed by atoms with Crippen LogP contribution in [0.4, 0.5) is 5.69 Å². The number of fused-ring (bicyclic) bond motifs is 2. The molecule has 0 spiro atoms. The van der Waals surface area contributed by atoms with Crippen molar-refractivity contribution in [3.05, 3.63) is 77.5 Å². The van der Waals surface area contributed by atoms with E-state index in [0.717, 1.165) is 41.3 Å². The monoisotopic (exact) mass is 349 g/mol. The van der Waals surface area contributed by atoms with E-state index in [4.69, 9.17) is 11.6 Å². The second kappa shape index (κ2) is 7.64. The molecule has 0 fully saturated rings. The Morgan fingerprint density at radius 1 is 1.15 bits per heavy atom. The summed E-state index contributed by atoms with van der Waals surface area (Å²) in [5.41, 5.74) is 13.5. The van der Waals surface area contributed by atoms with Crippen LogP contribution in [-0.2, 0) is 6.54 Å². The molecule has 1 aliphatic rings. The van der Waals surface area contributed by atoms with E-state index in [0.29, 0.717) is 12.2 Å². The fourth-order valence-corrected chi connectivity index (χ4v) is 3.35. The zero-order chi connectivity index (χ0) is 18.7. The third-order valence-electron chi connectivity index (χ3n) is 4.69. The maximum Gasteiger partial charge on any atom is 0.0829 e. The lowest BCUT2D eigenvalue weighted by Gasteiger charge is -2.34. The predicted octanol–water partition coefficient (Wildman–Crippen LogP) is 2.72. The predicted molar refractivity (Wildman–Crippen MR) is 110 cm³/mol. The maximum absolute atomic E-state index is 6.69. The number of hydrogen-bond donors (Lipinski definition) is 3. The Kier molecular flexibility index (Phi) is 5.30. The number of rotatable bonds is 5. The van der Waals surface area contributed by atoms with Crippen molar-refractivity contribution in [1.29, 1.82) is 0 Å². The first-order valence-corrected chi connectivity index (χ1v) is 8.82. The van der Waals surface area contributed by atoms with Gasteiger partial charge in [0, 0.05) is 36.5 Å². The third-order valence-corrected chi connectivity index (χ3v) is 4.69. The molecule has 0 aliphatic carbocycles. The maximum atomic E-state index is 6.69. The molecule has 0 saturated carbocycles. The molecule has 3 rings (SSSR count).